The zero-order valence-corrected chi connectivity index (χ0v) is 15.1. The van der Waals surface area contributed by atoms with Crippen LogP contribution in [0, 0.1) is 5.92 Å². The van der Waals surface area contributed by atoms with Crippen molar-refractivity contribution < 1.29 is 4.79 Å². The quantitative estimate of drug-likeness (QED) is 0.837. The Kier molecular flexibility index (Phi) is 5.73. The fourth-order valence-electron chi connectivity index (χ4n) is 3.26. The van der Waals surface area contributed by atoms with Gasteiger partial charge >= 0.3 is 0 Å². The van der Waals surface area contributed by atoms with E-state index in [-0.39, 0.29) is 17.9 Å². The number of carbonyl (C=O) groups is 1. The van der Waals surface area contributed by atoms with Crippen molar-refractivity contribution >= 4 is 23.3 Å². The summed E-state index contributed by atoms with van der Waals surface area (Å²) < 4.78 is 1.97. The Morgan fingerprint density at radius 1 is 1.50 bits per heavy atom. The van der Waals surface area contributed by atoms with Gasteiger partial charge in [-0.3, -0.25) is 9.20 Å². The van der Waals surface area contributed by atoms with Crippen LogP contribution in [0.15, 0.2) is 24.4 Å². The topological polar surface area (TPSA) is 71.3 Å². The molecule has 3 rings (SSSR count). The maximum atomic E-state index is 12.7. The predicted molar refractivity (Wildman–Crippen MR) is 97.1 cm³/mol. The van der Waals surface area contributed by atoms with Crippen LogP contribution in [0.3, 0.4) is 0 Å². The van der Waals surface area contributed by atoms with Gasteiger partial charge in [-0.05, 0) is 56.9 Å². The van der Waals surface area contributed by atoms with Gasteiger partial charge in [0.2, 0.25) is 5.91 Å². The maximum Gasteiger partial charge on any atom is 0.223 e. The van der Waals surface area contributed by atoms with Crippen LogP contribution >= 0.6 is 11.8 Å². The number of fused-ring (bicyclic) bond motifs is 1. The van der Waals surface area contributed by atoms with Gasteiger partial charge < -0.3 is 10.6 Å². The monoisotopic (exact) mass is 347 g/mol. The zero-order valence-electron chi connectivity index (χ0n) is 14.2. The second-order valence-electron chi connectivity index (χ2n) is 6.41. The molecule has 0 spiro atoms. The summed E-state index contributed by atoms with van der Waals surface area (Å²) in [5.41, 5.74) is 0.811. The molecule has 2 aromatic heterocycles. The van der Waals surface area contributed by atoms with Gasteiger partial charge in [0.25, 0.3) is 0 Å². The Labute approximate surface area is 146 Å². The number of thioether (sulfide) groups is 1. The molecule has 0 saturated carbocycles. The number of pyridine rings is 1. The molecule has 7 heteroatoms. The van der Waals surface area contributed by atoms with Gasteiger partial charge in [0.15, 0.2) is 11.5 Å². The molecule has 1 unspecified atom stereocenters. The van der Waals surface area contributed by atoms with Crippen molar-refractivity contribution in [1.29, 1.82) is 0 Å². The van der Waals surface area contributed by atoms with Crippen LogP contribution in [0.1, 0.15) is 38.1 Å². The van der Waals surface area contributed by atoms with E-state index >= 15 is 0 Å². The van der Waals surface area contributed by atoms with Crippen molar-refractivity contribution in [3.05, 3.63) is 30.2 Å². The number of amides is 1. The molecule has 1 aliphatic heterocycles. The third-order valence-electron chi connectivity index (χ3n) is 4.57. The van der Waals surface area contributed by atoms with Crippen LogP contribution in [-0.4, -0.2) is 45.1 Å². The summed E-state index contributed by atoms with van der Waals surface area (Å²) in [6.45, 7) is 3.04. The minimum absolute atomic E-state index is 0.0808. The highest BCUT2D eigenvalue weighted by atomic mass is 32.2. The molecule has 1 fully saturated rings. The third-order valence-corrected chi connectivity index (χ3v) is 5.22. The Balaban J connectivity index is 1.77. The van der Waals surface area contributed by atoms with E-state index in [2.05, 4.69) is 34.0 Å². The van der Waals surface area contributed by atoms with E-state index in [9.17, 15) is 4.79 Å². The van der Waals surface area contributed by atoms with Gasteiger partial charge in [0, 0.05) is 18.2 Å². The summed E-state index contributed by atoms with van der Waals surface area (Å²) in [7, 11) is 0. The molecule has 3 atom stereocenters. The summed E-state index contributed by atoms with van der Waals surface area (Å²) in [4.78, 5) is 12.7. The van der Waals surface area contributed by atoms with Crippen LogP contribution in [0.4, 0.5) is 0 Å². The van der Waals surface area contributed by atoms with Gasteiger partial charge in [0.1, 0.15) is 0 Å². The number of rotatable bonds is 6. The lowest BCUT2D eigenvalue weighted by atomic mass is 9.92. The van der Waals surface area contributed by atoms with E-state index in [1.807, 2.05) is 28.8 Å². The van der Waals surface area contributed by atoms with Crippen LogP contribution in [-0.2, 0) is 4.79 Å². The highest BCUT2D eigenvalue weighted by Gasteiger charge is 2.28. The normalized spacial score (nSPS) is 22.4. The molecule has 0 radical (unpaired) electrons. The minimum Gasteiger partial charge on any atom is -0.346 e. The van der Waals surface area contributed by atoms with Crippen molar-refractivity contribution in [3.63, 3.8) is 0 Å². The van der Waals surface area contributed by atoms with Crippen molar-refractivity contribution in [3.8, 4) is 0 Å². The van der Waals surface area contributed by atoms with Gasteiger partial charge in [-0.2, -0.15) is 11.8 Å². The molecule has 2 N–H and O–H groups in total. The standard InChI is InChI=1S/C17H25N5OS/c1-12-11-13(6-8-18-12)17(23)19-14(7-10-24-2)16-21-20-15-5-3-4-9-22(15)16/h3-5,9,12-14,18H,6-8,10-11H2,1-2H3,(H,19,23)/t12-,13-,14?/m0/s1. The van der Waals surface area contributed by atoms with E-state index in [1.165, 1.54) is 0 Å². The second-order valence-corrected chi connectivity index (χ2v) is 7.39. The smallest absolute Gasteiger partial charge is 0.223 e. The highest BCUT2D eigenvalue weighted by Crippen LogP contribution is 2.21. The van der Waals surface area contributed by atoms with Gasteiger partial charge in [-0.1, -0.05) is 6.07 Å². The minimum atomic E-state index is -0.104. The lowest BCUT2D eigenvalue weighted by Crippen LogP contribution is -2.43. The molecular weight excluding hydrogens is 322 g/mol. The maximum absolute atomic E-state index is 12.7. The molecule has 1 amide bonds. The van der Waals surface area contributed by atoms with Crippen LogP contribution in [0.2, 0.25) is 0 Å². The molecule has 130 valence electrons. The number of aromatic nitrogens is 3. The van der Waals surface area contributed by atoms with Gasteiger partial charge in [-0.25, -0.2) is 0 Å². The number of nitrogens with one attached hydrogen (secondary N) is 2. The Morgan fingerprint density at radius 3 is 3.17 bits per heavy atom. The van der Waals surface area contributed by atoms with Crippen molar-refractivity contribution in [2.45, 2.75) is 38.3 Å². The lowest BCUT2D eigenvalue weighted by Gasteiger charge is -2.28. The first-order valence-corrected chi connectivity index (χ1v) is 9.90. The summed E-state index contributed by atoms with van der Waals surface area (Å²) >= 11 is 1.78. The van der Waals surface area contributed by atoms with E-state index in [4.69, 9.17) is 0 Å². The first-order valence-electron chi connectivity index (χ1n) is 8.51. The third kappa shape index (κ3) is 3.89. The van der Waals surface area contributed by atoms with Gasteiger partial charge in [0.05, 0.1) is 6.04 Å². The SMILES string of the molecule is CSCCC(NC(=O)[C@H]1CCN[C@@H](C)C1)c1nnc2ccccn12. The van der Waals surface area contributed by atoms with E-state index in [0.717, 1.165) is 43.0 Å². The molecule has 1 aliphatic rings. The zero-order chi connectivity index (χ0) is 16.9. The fraction of sp³-hybridized carbons (Fsp3) is 0.588. The summed E-state index contributed by atoms with van der Waals surface area (Å²) in [6.07, 6.45) is 6.67. The van der Waals surface area contributed by atoms with Crippen LogP contribution < -0.4 is 10.6 Å². The highest BCUT2D eigenvalue weighted by molar-refractivity contribution is 7.98. The molecule has 24 heavy (non-hydrogen) atoms. The molecule has 0 aromatic carbocycles. The average molecular weight is 347 g/mol. The summed E-state index contributed by atoms with van der Waals surface area (Å²) in [5.74, 6) is 2.00. The summed E-state index contributed by atoms with van der Waals surface area (Å²) in [6, 6.07) is 6.13. The van der Waals surface area contributed by atoms with E-state index in [0.29, 0.717) is 6.04 Å². The largest absolute Gasteiger partial charge is 0.346 e. The second kappa shape index (κ2) is 7.98. The Morgan fingerprint density at radius 2 is 2.38 bits per heavy atom. The predicted octanol–water partition coefficient (Wildman–Crippen LogP) is 2.03. The first-order chi connectivity index (χ1) is 11.7. The molecule has 3 heterocycles. The van der Waals surface area contributed by atoms with Crippen molar-refractivity contribution in [2.24, 2.45) is 5.92 Å². The van der Waals surface area contributed by atoms with Gasteiger partial charge in [-0.15, -0.1) is 10.2 Å². The molecule has 1 saturated heterocycles. The number of piperidine rings is 1. The fourth-order valence-corrected chi connectivity index (χ4v) is 3.73. The van der Waals surface area contributed by atoms with Crippen molar-refractivity contribution in [1.82, 2.24) is 25.2 Å². The number of carbonyl (C=O) groups excluding carboxylic acids is 1. The molecule has 2 aromatic rings. The molecular formula is C17H25N5OS. The van der Waals surface area contributed by atoms with E-state index in [1.54, 1.807) is 11.8 Å². The number of hydrogen-bond donors (Lipinski definition) is 2. The molecule has 0 aliphatic carbocycles. The lowest BCUT2D eigenvalue weighted by molar-refractivity contribution is -0.126. The Bertz CT molecular complexity index is 688. The molecule has 0 bridgehead atoms. The summed E-state index contributed by atoms with van der Waals surface area (Å²) in [5, 5.41) is 15.2. The van der Waals surface area contributed by atoms with E-state index < -0.39 is 0 Å². The average Bonchev–Trinajstić information content (AvgIpc) is 3.02. The number of hydrogen-bond acceptors (Lipinski definition) is 5. The van der Waals surface area contributed by atoms with Crippen LogP contribution in [0.5, 0.6) is 0 Å². The van der Waals surface area contributed by atoms with Crippen LogP contribution in [0.25, 0.3) is 5.65 Å². The molecule has 6 nitrogen and oxygen atoms in total. The van der Waals surface area contributed by atoms with Crippen molar-refractivity contribution in [2.75, 3.05) is 18.6 Å². The number of nitrogens with zero attached hydrogens (tertiary/aromatic N) is 3. The first kappa shape index (κ1) is 17.2. The Hall–Kier alpha value is -1.60.